The SMILES string of the molecule is CCNC(=O)COc1ccc(CNC(=NC)N2CC(C)(C)C2(C)C)cc1OC. The number of nitrogens with one attached hydrogen (secondary N) is 2. The summed E-state index contributed by atoms with van der Waals surface area (Å²) in [7, 11) is 3.40. The van der Waals surface area contributed by atoms with E-state index in [4.69, 9.17) is 9.47 Å². The van der Waals surface area contributed by atoms with Crippen LogP contribution in [0.4, 0.5) is 0 Å². The van der Waals surface area contributed by atoms with E-state index in [-0.39, 0.29) is 23.5 Å². The van der Waals surface area contributed by atoms with Gasteiger partial charge >= 0.3 is 0 Å². The monoisotopic (exact) mass is 390 g/mol. The fourth-order valence-corrected chi connectivity index (χ4v) is 3.21. The van der Waals surface area contributed by atoms with Gasteiger partial charge in [0.1, 0.15) is 0 Å². The lowest BCUT2D eigenvalue weighted by Crippen LogP contribution is -2.72. The van der Waals surface area contributed by atoms with Crippen molar-refractivity contribution in [2.45, 2.75) is 46.7 Å². The number of benzene rings is 1. The highest BCUT2D eigenvalue weighted by Gasteiger charge is 2.53. The standard InChI is InChI=1S/C21H34N4O3/c1-8-23-18(26)13-28-16-10-9-15(11-17(16)27-7)12-24-19(22-6)25-14-20(2,3)21(25,4)5/h9-11H,8,12-14H2,1-7H3,(H,22,24)(H,23,26). The van der Waals surface area contributed by atoms with E-state index < -0.39 is 0 Å². The number of likely N-dealkylation sites (tertiary alicyclic amines) is 1. The number of likely N-dealkylation sites (N-methyl/N-ethyl adjacent to an activating group) is 1. The predicted molar refractivity (Wildman–Crippen MR) is 112 cm³/mol. The molecule has 7 nitrogen and oxygen atoms in total. The number of carbonyl (C=O) groups is 1. The van der Waals surface area contributed by atoms with Gasteiger partial charge in [-0.2, -0.15) is 0 Å². The zero-order valence-corrected chi connectivity index (χ0v) is 18.2. The Morgan fingerprint density at radius 3 is 2.46 bits per heavy atom. The molecule has 0 atom stereocenters. The van der Waals surface area contributed by atoms with Crippen molar-refractivity contribution in [2.75, 3.05) is 33.9 Å². The molecule has 0 spiro atoms. The first-order valence-corrected chi connectivity index (χ1v) is 9.71. The second kappa shape index (κ2) is 8.71. The van der Waals surface area contributed by atoms with Gasteiger partial charge in [-0.15, -0.1) is 0 Å². The normalized spacial score (nSPS) is 17.5. The fourth-order valence-electron chi connectivity index (χ4n) is 3.21. The van der Waals surface area contributed by atoms with E-state index in [0.29, 0.717) is 24.6 Å². The average Bonchev–Trinajstić information content (AvgIpc) is 2.66. The lowest BCUT2D eigenvalue weighted by Gasteiger charge is -2.62. The predicted octanol–water partition coefficient (Wildman–Crippen LogP) is 2.41. The summed E-state index contributed by atoms with van der Waals surface area (Å²) in [6, 6.07) is 5.70. The van der Waals surface area contributed by atoms with Gasteiger partial charge in [-0.3, -0.25) is 9.79 Å². The Morgan fingerprint density at radius 1 is 1.21 bits per heavy atom. The number of ether oxygens (including phenoxy) is 2. The molecular weight excluding hydrogens is 356 g/mol. The number of rotatable bonds is 7. The van der Waals surface area contributed by atoms with Gasteiger partial charge in [0.25, 0.3) is 5.91 Å². The number of hydrogen-bond donors (Lipinski definition) is 2. The molecule has 7 heteroatoms. The number of carbonyl (C=O) groups excluding carboxylic acids is 1. The molecule has 1 fully saturated rings. The molecule has 1 aliphatic rings. The van der Waals surface area contributed by atoms with Crippen molar-refractivity contribution in [3.63, 3.8) is 0 Å². The summed E-state index contributed by atoms with van der Waals surface area (Å²) < 4.78 is 11.0. The van der Waals surface area contributed by atoms with Crippen molar-refractivity contribution in [3.05, 3.63) is 23.8 Å². The minimum Gasteiger partial charge on any atom is -0.493 e. The van der Waals surface area contributed by atoms with Crippen molar-refractivity contribution in [2.24, 2.45) is 10.4 Å². The molecule has 2 N–H and O–H groups in total. The lowest BCUT2D eigenvalue weighted by molar-refractivity contribution is -0.123. The Balaban J connectivity index is 2.00. The molecule has 1 saturated heterocycles. The van der Waals surface area contributed by atoms with Crippen molar-refractivity contribution in [1.82, 2.24) is 15.5 Å². The molecule has 1 heterocycles. The molecule has 0 aromatic heterocycles. The van der Waals surface area contributed by atoms with E-state index >= 15 is 0 Å². The molecule has 0 aliphatic carbocycles. The number of aliphatic imine (C=N–C) groups is 1. The molecule has 0 bridgehead atoms. The van der Waals surface area contributed by atoms with Crippen LogP contribution >= 0.6 is 0 Å². The van der Waals surface area contributed by atoms with Crippen LogP contribution in [-0.2, 0) is 11.3 Å². The van der Waals surface area contributed by atoms with Gasteiger partial charge in [-0.25, -0.2) is 0 Å². The summed E-state index contributed by atoms with van der Waals surface area (Å²) in [6.07, 6.45) is 0. The van der Waals surface area contributed by atoms with Gasteiger partial charge in [0.15, 0.2) is 24.1 Å². The summed E-state index contributed by atoms with van der Waals surface area (Å²) >= 11 is 0. The molecule has 156 valence electrons. The maximum Gasteiger partial charge on any atom is 0.257 e. The van der Waals surface area contributed by atoms with Crippen LogP contribution in [0.5, 0.6) is 11.5 Å². The highest BCUT2D eigenvalue weighted by molar-refractivity contribution is 5.82. The molecular formula is C21H34N4O3. The summed E-state index contributed by atoms with van der Waals surface area (Å²) in [5, 5.41) is 6.14. The summed E-state index contributed by atoms with van der Waals surface area (Å²) in [4.78, 5) is 18.3. The smallest absolute Gasteiger partial charge is 0.257 e. The first-order chi connectivity index (χ1) is 13.2. The molecule has 0 radical (unpaired) electrons. The maximum absolute atomic E-state index is 11.6. The quantitative estimate of drug-likeness (QED) is 0.552. The number of hydrogen-bond acceptors (Lipinski definition) is 4. The number of methoxy groups -OCH3 is 1. The zero-order chi connectivity index (χ0) is 20.9. The Morgan fingerprint density at radius 2 is 1.93 bits per heavy atom. The molecule has 0 unspecified atom stereocenters. The molecule has 0 saturated carbocycles. The zero-order valence-electron chi connectivity index (χ0n) is 18.2. The van der Waals surface area contributed by atoms with Crippen LogP contribution in [0.2, 0.25) is 0 Å². The van der Waals surface area contributed by atoms with Crippen LogP contribution < -0.4 is 20.1 Å². The van der Waals surface area contributed by atoms with E-state index in [0.717, 1.165) is 18.1 Å². The van der Waals surface area contributed by atoms with E-state index in [9.17, 15) is 4.79 Å². The molecule has 2 rings (SSSR count). The van der Waals surface area contributed by atoms with Crippen LogP contribution in [0.3, 0.4) is 0 Å². The number of amides is 1. The Hall–Kier alpha value is -2.44. The summed E-state index contributed by atoms with van der Waals surface area (Å²) in [5.74, 6) is 1.88. The van der Waals surface area contributed by atoms with E-state index in [1.165, 1.54) is 0 Å². The van der Waals surface area contributed by atoms with E-state index in [1.54, 1.807) is 7.11 Å². The van der Waals surface area contributed by atoms with Gasteiger partial charge < -0.3 is 25.0 Å². The second-order valence-corrected chi connectivity index (χ2v) is 8.16. The minimum absolute atomic E-state index is 0.0335. The molecule has 1 aromatic carbocycles. The highest BCUT2D eigenvalue weighted by atomic mass is 16.5. The largest absolute Gasteiger partial charge is 0.493 e. The second-order valence-electron chi connectivity index (χ2n) is 8.16. The minimum atomic E-state index is -0.154. The van der Waals surface area contributed by atoms with Crippen LogP contribution in [0.1, 0.15) is 40.2 Å². The first kappa shape index (κ1) is 21.9. The Labute approximate surface area is 168 Å². The fraction of sp³-hybridized carbons (Fsp3) is 0.619. The third kappa shape index (κ3) is 4.51. The molecule has 1 aromatic rings. The number of guanidine groups is 1. The maximum atomic E-state index is 11.6. The van der Waals surface area contributed by atoms with Crippen molar-refractivity contribution in [1.29, 1.82) is 0 Å². The van der Waals surface area contributed by atoms with Crippen LogP contribution in [0, 0.1) is 5.41 Å². The summed E-state index contributed by atoms with van der Waals surface area (Å²) in [6.45, 7) is 13.0. The van der Waals surface area contributed by atoms with E-state index in [2.05, 4.69) is 48.2 Å². The van der Waals surface area contributed by atoms with Gasteiger partial charge in [-0.05, 0) is 38.5 Å². The van der Waals surface area contributed by atoms with Gasteiger partial charge in [0.2, 0.25) is 0 Å². The molecule has 1 amide bonds. The topological polar surface area (TPSA) is 75.2 Å². The molecule has 1 aliphatic heterocycles. The highest BCUT2D eigenvalue weighted by Crippen LogP contribution is 2.46. The third-order valence-corrected chi connectivity index (χ3v) is 5.76. The van der Waals surface area contributed by atoms with Crippen molar-refractivity contribution >= 4 is 11.9 Å². The van der Waals surface area contributed by atoms with Crippen LogP contribution in [0.25, 0.3) is 0 Å². The number of nitrogens with zero attached hydrogens (tertiary/aromatic N) is 2. The third-order valence-electron chi connectivity index (χ3n) is 5.76. The summed E-state index contributed by atoms with van der Waals surface area (Å²) in [5.41, 5.74) is 1.33. The Bertz CT molecular complexity index is 728. The van der Waals surface area contributed by atoms with Crippen molar-refractivity contribution in [3.8, 4) is 11.5 Å². The molecule has 28 heavy (non-hydrogen) atoms. The van der Waals surface area contributed by atoms with Gasteiger partial charge in [0, 0.05) is 37.6 Å². The Kier molecular flexibility index (Phi) is 6.80. The van der Waals surface area contributed by atoms with Crippen LogP contribution in [0.15, 0.2) is 23.2 Å². The lowest BCUT2D eigenvalue weighted by atomic mass is 9.65. The van der Waals surface area contributed by atoms with Crippen molar-refractivity contribution < 1.29 is 14.3 Å². The van der Waals surface area contributed by atoms with Crippen LogP contribution in [-0.4, -0.2) is 56.2 Å². The van der Waals surface area contributed by atoms with Gasteiger partial charge in [0.05, 0.1) is 7.11 Å². The van der Waals surface area contributed by atoms with E-state index in [1.807, 2.05) is 32.2 Å². The average molecular weight is 391 g/mol. The van der Waals surface area contributed by atoms with Gasteiger partial charge in [-0.1, -0.05) is 19.9 Å². The first-order valence-electron chi connectivity index (χ1n) is 9.71.